The second kappa shape index (κ2) is 5.47. The summed E-state index contributed by atoms with van der Waals surface area (Å²) < 4.78 is 13.1. The molecule has 1 saturated heterocycles. The van der Waals surface area contributed by atoms with E-state index in [2.05, 4.69) is 25.3 Å². The smallest absolute Gasteiger partial charge is 0.123 e. The molecule has 0 saturated carbocycles. The summed E-state index contributed by atoms with van der Waals surface area (Å²) in [6.45, 7) is 11.3. The number of nitrogens with one attached hydrogen (secondary N) is 1. The third kappa shape index (κ3) is 3.23. The lowest BCUT2D eigenvalue weighted by atomic mass is 9.87. The zero-order valence-electron chi connectivity index (χ0n) is 13.3. The Morgan fingerprint density at radius 1 is 1.48 bits per heavy atom. The lowest BCUT2D eigenvalue weighted by Gasteiger charge is -2.16. The van der Waals surface area contributed by atoms with Crippen molar-refractivity contribution in [1.29, 1.82) is 5.41 Å². The van der Waals surface area contributed by atoms with Crippen LogP contribution >= 0.6 is 0 Å². The van der Waals surface area contributed by atoms with E-state index in [1.807, 2.05) is 20.0 Å². The van der Waals surface area contributed by atoms with Gasteiger partial charge in [0.2, 0.25) is 0 Å². The minimum atomic E-state index is -0.230. The molecule has 1 aromatic rings. The number of nitrogens with zero attached hydrogens (tertiary/aromatic N) is 1. The van der Waals surface area contributed by atoms with Crippen molar-refractivity contribution >= 4 is 5.71 Å². The summed E-state index contributed by atoms with van der Waals surface area (Å²) in [5.74, 6) is -0.230. The van der Waals surface area contributed by atoms with E-state index in [0.29, 0.717) is 12.1 Å². The molecule has 0 spiro atoms. The van der Waals surface area contributed by atoms with Gasteiger partial charge in [-0.2, -0.15) is 0 Å². The van der Waals surface area contributed by atoms with Gasteiger partial charge in [0.1, 0.15) is 5.82 Å². The minimum Gasteiger partial charge on any atom is -0.373 e. The van der Waals surface area contributed by atoms with Gasteiger partial charge < -0.3 is 10.3 Å². The van der Waals surface area contributed by atoms with E-state index in [1.54, 1.807) is 6.07 Å². The Morgan fingerprint density at radius 3 is 2.67 bits per heavy atom. The molecule has 1 fully saturated rings. The summed E-state index contributed by atoms with van der Waals surface area (Å²) >= 11 is 0. The van der Waals surface area contributed by atoms with E-state index in [-0.39, 0.29) is 11.2 Å². The molecule has 1 N–H and O–H groups in total. The molecule has 2 nitrogen and oxygen atoms in total. The molecule has 0 unspecified atom stereocenters. The maximum Gasteiger partial charge on any atom is 0.123 e. The van der Waals surface area contributed by atoms with Crippen LogP contribution in [0.2, 0.25) is 0 Å². The fraction of sp³-hybridized carbons (Fsp3) is 0.389. The van der Waals surface area contributed by atoms with Crippen LogP contribution in [0.4, 0.5) is 4.39 Å². The first-order chi connectivity index (χ1) is 9.70. The van der Waals surface area contributed by atoms with Gasteiger partial charge in [0.05, 0.1) is 0 Å². The standard InChI is InChI=1S/C18H23FN2/c1-12-8-15(19)7-6-14(12)9-16(20)10-17-13(2)18(3,4)11-21(17)5/h6-8,10,20H,2,9,11H2,1,3-5H3/b17-10+,20-16?. The van der Waals surface area contributed by atoms with E-state index in [1.165, 1.54) is 12.1 Å². The van der Waals surface area contributed by atoms with Gasteiger partial charge in [-0.05, 0) is 41.8 Å². The molecule has 112 valence electrons. The number of benzene rings is 1. The Kier molecular flexibility index (Phi) is 4.04. The second-order valence-corrected chi connectivity index (χ2v) is 6.52. The van der Waals surface area contributed by atoms with Crippen LogP contribution in [0.5, 0.6) is 0 Å². The van der Waals surface area contributed by atoms with Crippen molar-refractivity contribution in [2.24, 2.45) is 5.41 Å². The molecular formula is C18H23FN2. The number of rotatable bonds is 3. The van der Waals surface area contributed by atoms with Crippen LogP contribution in [-0.2, 0) is 6.42 Å². The van der Waals surface area contributed by atoms with Gasteiger partial charge in [-0.15, -0.1) is 0 Å². The van der Waals surface area contributed by atoms with E-state index in [0.717, 1.165) is 28.9 Å². The van der Waals surface area contributed by atoms with Crippen LogP contribution in [-0.4, -0.2) is 24.2 Å². The Bertz CT molecular complexity index is 626. The molecule has 1 aromatic carbocycles. The Hall–Kier alpha value is -1.90. The van der Waals surface area contributed by atoms with Crippen LogP contribution in [0.1, 0.15) is 25.0 Å². The van der Waals surface area contributed by atoms with Crippen LogP contribution in [0.3, 0.4) is 0 Å². The van der Waals surface area contributed by atoms with E-state index in [9.17, 15) is 4.39 Å². The van der Waals surface area contributed by atoms with Crippen LogP contribution in [0.25, 0.3) is 0 Å². The fourth-order valence-electron chi connectivity index (χ4n) is 2.83. The van der Waals surface area contributed by atoms with Crippen molar-refractivity contribution in [3.8, 4) is 0 Å². The summed E-state index contributed by atoms with van der Waals surface area (Å²) in [5.41, 5.74) is 4.55. The van der Waals surface area contributed by atoms with Gasteiger partial charge in [0.25, 0.3) is 0 Å². The van der Waals surface area contributed by atoms with Crippen molar-refractivity contribution in [2.75, 3.05) is 13.6 Å². The predicted octanol–water partition coefficient (Wildman–Crippen LogP) is 4.11. The summed E-state index contributed by atoms with van der Waals surface area (Å²) in [7, 11) is 2.03. The maximum absolute atomic E-state index is 13.1. The Labute approximate surface area is 126 Å². The molecule has 1 aliphatic heterocycles. The lowest BCUT2D eigenvalue weighted by molar-refractivity contribution is 0.368. The number of halogens is 1. The molecule has 1 heterocycles. The van der Waals surface area contributed by atoms with Crippen molar-refractivity contribution < 1.29 is 4.39 Å². The zero-order valence-corrected chi connectivity index (χ0v) is 13.3. The first-order valence-electron chi connectivity index (χ1n) is 7.16. The SMILES string of the molecule is C=C1/C(=C\C(=N)Cc2ccc(F)cc2C)N(C)CC1(C)C. The van der Waals surface area contributed by atoms with Gasteiger partial charge in [0.15, 0.2) is 0 Å². The zero-order chi connectivity index (χ0) is 15.8. The van der Waals surface area contributed by atoms with Gasteiger partial charge in [-0.25, -0.2) is 4.39 Å². The van der Waals surface area contributed by atoms with E-state index >= 15 is 0 Å². The highest BCUT2D eigenvalue weighted by Gasteiger charge is 2.34. The van der Waals surface area contributed by atoms with Crippen molar-refractivity contribution in [1.82, 2.24) is 4.90 Å². The Balaban J connectivity index is 2.18. The number of likely N-dealkylation sites (tertiary alicyclic amines) is 1. The van der Waals surface area contributed by atoms with Gasteiger partial charge in [0, 0.05) is 36.8 Å². The van der Waals surface area contributed by atoms with Crippen molar-refractivity contribution in [3.05, 3.63) is 59.1 Å². The molecule has 0 amide bonds. The van der Waals surface area contributed by atoms with Crippen molar-refractivity contribution in [3.63, 3.8) is 0 Å². The average Bonchev–Trinajstić information content (AvgIpc) is 2.55. The average molecular weight is 286 g/mol. The monoisotopic (exact) mass is 286 g/mol. The lowest BCUT2D eigenvalue weighted by Crippen LogP contribution is -2.18. The quantitative estimate of drug-likeness (QED) is 0.832. The molecule has 21 heavy (non-hydrogen) atoms. The highest BCUT2D eigenvalue weighted by atomic mass is 19.1. The fourth-order valence-corrected chi connectivity index (χ4v) is 2.83. The molecule has 2 rings (SSSR count). The summed E-state index contributed by atoms with van der Waals surface area (Å²) in [6.07, 6.45) is 2.40. The summed E-state index contributed by atoms with van der Waals surface area (Å²) in [6, 6.07) is 4.72. The highest BCUT2D eigenvalue weighted by molar-refractivity contribution is 5.95. The highest BCUT2D eigenvalue weighted by Crippen LogP contribution is 2.39. The maximum atomic E-state index is 13.1. The first-order valence-corrected chi connectivity index (χ1v) is 7.16. The van der Waals surface area contributed by atoms with Crippen LogP contribution in [0.15, 0.2) is 42.1 Å². The third-order valence-corrected chi connectivity index (χ3v) is 4.17. The normalized spacial score (nSPS) is 19.4. The first kappa shape index (κ1) is 15.5. The van der Waals surface area contributed by atoms with Gasteiger partial charge >= 0.3 is 0 Å². The summed E-state index contributed by atoms with van der Waals surface area (Å²) in [5, 5.41) is 8.21. The third-order valence-electron chi connectivity index (χ3n) is 4.17. The molecule has 0 aliphatic carbocycles. The number of hydrogen-bond acceptors (Lipinski definition) is 2. The Morgan fingerprint density at radius 2 is 2.14 bits per heavy atom. The molecule has 1 aliphatic rings. The van der Waals surface area contributed by atoms with Gasteiger partial charge in [-0.3, -0.25) is 0 Å². The molecular weight excluding hydrogens is 263 g/mol. The van der Waals surface area contributed by atoms with Crippen LogP contribution in [0, 0.1) is 23.6 Å². The molecule has 3 heteroatoms. The summed E-state index contributed by atoms with van der Waals surface area (Å²) in [4.78, 5) is 2.15. The van der Waals surface area contributed by atoms with Gasteiger partial charge in [-0.1, -0.05) is 26.5 Å². The number of hydrogen-bond donors (Lipinski definition) is 1. The largest absolute Gasteiger partial charge is 0.373 e. The molecule has 0 atom stereocenters. The second-order valence-electron chi connectivity index (χ2n) is 6.52. The van der Waals surface area contributed by atoms with Crippen molar-refractivity contribution in [2.45, 2.75) is 27.2 Å². The molecule has 0 radical (unpaired) electrons. The predicted molar refractivity (Wildman–Crippen MR) is 86.2 cm³/mol. The van der Waals surface area contributed by atoms with E-state index < -0.39 is 0 Å². The molecule has 0 aromatic heterocycles. The van der Waals surface area contributed by atoms with E-state index in [4.69, 9.17) is 5.41 Å². The number of aryl methyl sites for hydroxylation is 1. The molecule has 0 bridgehead atoms. The number of likely N-dealkylation sites (N-methyl/N-ethyl adjacent to an activating group) is 1. The van der Waals surface area contributed by atoms with Crippen LogP contribution < -0.4 is 0 Å². The number of allylic oxidation sites excluding steroid dienone is 2. The minimum absolute atomic E-state index is 0.0483. The topological polar surface area (TPSA) is 27.1 Å².